The van der Waals surface area contributed by atoms with Gasteiger partial charge in [0, 0.05) is 13.1 Å². The Balaban J connectivity index is 2.10. The van der Waals surface area contributed by atoms with Crippen LogP contribution in [0.1, 0.15) is 17.0 Å². The Kier molecular flexibility index (Phi) is 4.80. The molecule has 0 bridgehead atoms. The number of benzene rings is 1. The number of aliphatic carboxylic acids is 1. The summed E-state index contributed by atoms with van der Waals surface area (Å²) in [6, 6.07) is 7.25. The molecule has 1 aromatic carbocycles. The summed E-state index contributed by atoms with van der Waals surface area (Å²) in [5.41, 5.74) is 2.63. The zero-order chi connectivity index (χ0) is 15.4. The smallest absolute Gasteiger partial charge is 0.328 e. The van der Waals surface area contributed by atoms with E-state index in [0.717, 1.165) is 27.5 Å². The molecular weight excluding hydrogens is 336 g/mol. The Hall–Kier alpha value is -2.08. The van der Waals surface area contributed by atoms with Crippen molar-refractivity contribution in [2.45, 2.75) is 13.5 Å². The van der Waals surface area contributed by atoms with E-state index in [1.54, 1.807) is 10.7 Å². The average Bonchev–Trinajstić information content (AvgIpc) is 2.68. The van der Waals surface area contributed by atoms with Gasteiger partial charge >= 0.3 is 5.97 Å². The largest absolute Gasteiger partial charge is 0.487 e. The van der Waals surface area contributed by atoms with E-state index in [-0.39, 0.29) is 0 Å². The molecule has 0 amide bonds. The first-order valence-electron chi connectivity index (χ1n) is 6.29. The SMILES string of the molecule is Cc1nn(C)c(COc2cccc(C=CC(=O)O)c2)c1Br. The third-order valence-corrected chi connectivity index (χ3v) is 3.95. The van der Waals surface area contributed by atoms with Gasteiger partial charge in [0.25, 0.3) is 0 Å². The Morgan fingerprint density at radius 3 is 2.90 bits per heavy atom. The van der Waals surface area contributed by atoms with Crippen molar-refractivity contribution in [3.8, 4) is 5.75 Å². The Labute approximate surface area is 131 Å². The van der Waals surface area contributed by atoms with Crippen molar-refractivity contribution in [2.24, 2.45) is 7.05 Å². The van der Waals surface area contributed by atoms with Crippen LogP contribution in [0.15, 0.2) is 34.8 Å². The number of carboxylic acid groups (broad SMARTS) is 1. The van der Waals surface area contributed by atoms with Gasteiger partial charge in [-0.25, -0.2) is 4.79 Å². The standard InChI is InChI=1S/C15H15BrN2O3/c1-10-15(16)13(18(2)17-10)9-21-12-5-3-4-11(8-12)6-7-14(19)20/h3-8H,9H2,1-2H3,(H,19,20). The van der Waals surface area contributed by atoms with Crippen molar-refractivity contribution >= 4 is 28.0 Å². The lowest BCUT2D eigenvalue weighted by atomic mass is 10.2. The zero-order valence-electron chi connectivity index (χ0n) is 11.7. The van der Waals surface area contributed by atoms with Gasteiger partial charge in [0.15, 0.2) is 0 Å². The summed E-state index contributed by atoms with van der Waals surface area (Å²) >= 11 is 3.49. The molecule has 2 aromatic rings. The quantitative estimate of drug-likeness (QED) is 0.841. The molecule has 1 heterocycles. The van der Waals surface area contributed by atoms with Gasteiger partial charge in [-0.2, -0.15) is 5.10 Å². The van der Waals surface area contributed by atoms with Gasteiger partial charge in [0.2, 0.25) is 0 Å². The van der Waals surface area contributed by atoms with Crippen LogP contribution in [0.2, 0.25) is 0 Å². The lowest BCUT2D eigenvalue weighted by Gasteiger charge is -2.07. The molecular formula is C15H15BrN2O3. The van der Waals surface area contributed by atoms with Crippen molar-refractivity contribution in [1.29, 1.82) is 0 Å². The summed E-state index contributed by atoms with van der Waals surface area (Å²) in [4.78, 5) is 10.5. The fourth-order valence-corrected chi connectivity index (χ4v) is 2.31. The molecule has 6 heteroatoms. The summed E-state index contributed by atoms with van der Waals surface area (Å²) in [7, 11) is 1.86. The van der Waals surface area contributed by atoms with Crippen molar-refractivity contribution in [1.82, 2.24) is 9.78 Å². The highest BCUT2D eigenvalue weighted by Gasteiger charge is 2.11. The van der Waals surface area contributed by atoms with Crippen molar-refractivity contribution < 1.29 is 14.6 Å². The Bertz CT molecular complexity index is 692. The number of ether oxygens (including phenoxy) is 1. The van der Waals surface area contributed by atoms with Crippen molar-refractivity contribution in [2.75, 3.05) is 0 Å². The summed E-state index contributed by atoms with van der Waals surface area (Å²) in [6.45, 7) is 2.30. The van der Waals surface area contributed by atoms with E-state index in [2.05, 4.69) is 21.0 Å². The van der Waals surface area contributed by atoms with Gasteiger partial charge in [-0.3, -0.25) is 4.68 Å². The number of nitrogens with zero attached hydrogens (tertiary/aromatic N) is 2. The number of aryl methyl sites for hydroxylation is 2. The molecule has 21 heavy (non-hydrogen) atoms. The van der Waals surface area contributed by atoms with Crippen LogP contribution in [0, 0.1) is 6.92 Å². The summed E-state index contributed by atoms with van der Waals surface area (Å²) in [5.74, 6) is -0.302. The van der Waals surface area contributed by atoms with E-state index >= 15 is 0 Å². The summed E-state index contributed by atoms with van der Waals surface area (Å²) < 4.78 is 8.45. The predicted octanol–water partition coefficient (Wildman–Crippen LogP) is 3.17. The number of carboxylic acids is 1. The van der Waals surface area contributed by atoms with Gasteiger partial charge in [-0.15, -0.1) is 0 Å². The molecule has 0 unspecified atom stereocenters. The topological polar surface area (TPSA) is 64.4 Å². The van der Waals surface area contributed by atoms with Crippen LogP contribution in [0.5, 0.6) is 5.75 Å². The molecule has 0 saturated carbocycles. The Morgan fingerprint density at radius 2 is 2.29 bits per heavy atom. The predicted molar refractivity (Wildman–Crippen MR) is 83.1 cm³/mol. The minimum absolute atomic E-state index is 0.379. The van der Waals surface area contributed by atoms with Crippen LogP contribution in [0.25, 0.3) is 6.08 Å². The van der Waals surface area contributed by atoms with Gasteiger partial charge in [-0.05, 0) is 46.6 Å². The second-order valence-corrected chi connectivity index (χ2v) is 5.30. The number of hydrogen-bond acceptors (Lipinski definition) is 3. The molecule has 0 fully saturated rings. The molecule has 5 nitrogen and oxygen atoms in total. The monoisotopic (exact) mass is 350 g/mol. The second kappa shape index (κ2) is 6.58. The highest BCUT2D eigenvalue weighted by atomic mass is 79.9. The maximum absolute atomic E-state index is 10.5. The van der Waals surface area contributed by atoms with Crippen LogP contribution in [0.3, 0.4) is 0 Å². The number of hydrogen-bond donors (Lipinski definition) is 1. The molecule has 0 aliphatic heterocycles. The van der Waals surface area contributed by atoms with E-state index < -0.39 is 5.97 Å². The van der Waals surface area contributed by atoms with Crippen molar-refractivity contribution in [3.63, 3.8) is 0 Å². The number of aromatic nitrogens is 2. The molecule has 0 radical (unpaired) electrons. The fraction of sp³-hybridized carbons (Fsp3) is 0.200. The number of carbonyl (C=O) groups is 1. The van der Waals surface area contributed by atoms with E-state index in [0.29, 0.717) is 12.4 Å². The molecule has 110 valence electrons. The third kappa shape index (κ3) is 3.95. The Morgan fingerprint density at radius 1 is 1.52 bits per heavy atom. The van der Waals surface area contributed by atoms with E-state index in [1.165, 1.54) is 6.08 Å². The van der Waals surface area contributed by atoms with Crippen LogP contribution in [-0.4, -0.2) is 20.9 Å². The molecule has 0 spiro atoms. The first-order chi connectivity index (χ1) is 9.97. The van der Waals surface area contributed by atoms with Gasteiger partial charge < -0.3 is 9.84 Å². The molecule has 0 saturated heterocycles. The van der Waals surface area contributed by atoms with Crippen LogP contribution < -0.4 is 4.74 Å². The lowest BCUT2D eigenvalue weighted by molar-refractivity contribution is -0.131. The average molecular weight is 351 g/mol. The lowest BCUT2D eigenvalue weighted by Crippen LogP contribution is -2.03. The van der Waals surface area contributed by atoms with Gasteiger partial charge in [0.1, 0.15) is 12.4 Å². The highest BCUT2D eigenvalue weighted by Crippen LogP contribution is 2.22. The number of rotatable bonds is 5. The molecule has 1 aromatic heterocycles. The maximum atomic E-state index is 10.5. The van der Waals surface area contributed by atoms with Crippen LogP contribution in [-0.2, 0) is 18.4 Å². The first-order valence-corrected chi connectivity index (χ1v) is 7.08. The van der Waals surface area contributed by atoms with Gasteiger partial charge in [-0.1, -0.05) is 12.1 Å². The second-order valence-electron chi connectivity index (χ2n) is 4.50. The fourth-order valence-electron chi connectivity index (χ4n) is 1.86. The van der Waals surface area contributed by atoms with Crippen molar-refractivity contribution in [3.05, 3.63) is 51.8 Å². The molecule has 0 aliphatic carbocycles. The third-order valence-electron chi connectivity index (χ3n) is 2.91. The van der Waals surface area contributed by atoms with Gasteiger partial charge in [0.05, 0.1) is 15.9 Å². The normalized spacial score (nSPS) is 11.0. The molecule has 0 atom stereocenters. The maximum Gasteiger partial charge on any atom is 0.328 e. The van der Waals surface area contributed by atoms with E-state index in [1.807, 2.05) is 32.2 Å². The van der Waals surface area contributed by atoms with Crippen LogP contribution >= 0.6 is 15.9 Å². The minimum atomic E-state index is -0.976. The first kappa shape index (κ1) is 15.3. The molecule has 2 rings (SSSR count). The molecule has 0 aliphatic rings. The summed E-state index contributed by atoms with van der Waals surface area (Å²) in [6.07, 6.45) is 2.62. The summed E-state index contributed by atoms with van der Waals surface area (Å²) in [5, 5.41) is 12.9. The molecule has 1 N–H and O–H groups in total. The zero-order valence-corrected chi connectivity index (χ0v) is 13.3. The van der Waals surface area contributed by atoms with E-state index in [4.69, 9.17) is 9.84 Å². The highest BCUT2D eigenvalue weighted by molar-refractivity contribution is 9.10. The number of halogens is 1. The van der Waals surface area contributed by atoms with E-state index in [9.17, 15) is 4.79 Å². The minimum Gasteiger partial charge on any atom is -0.487 e. The van der Waals surface area contributed by atoms with Crippen LogP contribution in [0.4, 0.5) is 0 Å².